The highest BCUT2D eigenvalue weighted by atomic mass is 16.5. The molecular formula is C26H32N6O2. The number of pyridine rings is 1. The second-order valence-electron chi connectivity index (χ2n) is 8.92. The lowest BCUT2D eigenvalue weighted by molar-refractivity contribution is 0.393. The number of benzene rings is 1. The van der Waals surface area contributed by atoms with Crippen molar-refractivity contribution in [2.75, 3.05) is 50.7 Å². The molecular weight excluding hydrogens is 428 g/mol. The fourth-order valence-electron chi connectivity index (χ4n) is 4.86. The number of anilines is 3. The first-order valence-corrected chi connectivity index (χ1v) is 11.7. The topological polar surface area (TPSA) is 67.7 Å². The minimum absolute atomic E-state index is 0.326. The predicted octanol–water partition coefficient (Wildman–Crippen LogP) is 3.71. The van der Waals surface area contributed by atoms with Crippen molar-refractivity contribution in [3.05, 3.63) is 54.0 Å². The van der Waals surface area contributed by atoms with Crippen molar-refractivity contribution in [1.82, 2.24) is 20.1 Å². The zero-order valence-electron chi connectivity index (χ0n) is 20.3. The number of nitrogens with zero attached hydrogens (tertiary/aromatic N) is 5. The lowest BCUT2D eigenvalue weighted by Gasteiger charge is -2.37. The zero-order valence-corrected chi connectivity index (χ0v) is 20.3. The summed E-state index contributed by atoms with van der Waals surface area (Å²) in [5.74, 6) is 2.47. The van der Waals surface area contributed by atoms with Gasteiger partial charge < -0.3 is 24.6 Å². The van der Waals surface area contributed by atoms with E-state index in [2.05, 4.69) is 63.8 Å². The van der Waals surface area contributed by atoms with Crippen molar-refractivity contribution in [3.8, 4) is 11.5 Å². The lowest BCUT2D eigenvalue weighted by Crippen LogP contribution is -2.41. The smallest absolute Gasteiger partial charge is 0.134 e. The normalized spacial score (nSPS) is 16.1. The number of aryl methyl sites for hydroxylation is 1. The van der Waals surface area contributed by atoms with Crippen LogP contribution in [-0.2, 0) is 7.05 Å². The third-order valence-electron chi connectivity index (χ3n) is 6.63. The number of likely N-dealkylation sites (N-methyl/N-ethyl adjacent to an activating group) is 1. The molecule has 8 heteroatoms. The van der Waals surface area contributed by atoms with Crippen LogP contribution in [0.3, 0.4) is 0 Å². The van der Waals surface area contributed by atoms with E-state index in [4.69, 9.17) is 14.5 Å². The monoisotopic (exact) mass is 460 g/mol. The van der Waals surface area contributed by atoms with Crippen molar-refractivity contribution in [2.24, 2.45) is 7.05 Å². The van der Waals surface area contributed by atoms with Gasteiger partial charge in [-0.25, -0.2) is 4.98 Å². The molecule has 4 heterocycles. The average Bonchev–Trinajstić information content (AvgIpc) is 3.30. The molecule has 0 atom stereocenters. The van der Waals surface area contributed by atoms with E-state index in [-0.39, 0.29) is 0 Å². The Labute approximate surface area is 200 Å². The van der Waals surface area contributed by atoms with Crippen molar-refractivity contribution < 1.29 is 9.47 Å². The maximum absolute atomic E-state index is 5.58. The van der Waals surface area contributed by atoms with E-state index in [1.807, 2.05) is 24.0 Å². The fourth-order valence-corrected chi connectivity index (χ4v) is 4.86. The highest BCUT2D eigenvalue weighted by Crippen LogP contribution is 2.38. The van der Waals surface area contributed by atoms with Crippen LogP contribution in [0, 0.1) is 0 Å². The van der Waals surface area contributed by atoms with Crippen molar-refractivity contribution in [2.45, 2.75) is 18.9 Å². The summed E-state index contributed by atoms with van der Waals surface area (Å²) in [4.78, 5) is 9.78. The molecule has 1 saturated heterocycles. The van der Waals surface area contributed by atoms with Crippen molar-refractivity contribution >= 4 is 28.8 Å². The van der Waals surface area contributed by atoms with E-state index >= 15 is 0 Å². The van der Waals surface area contributed by atoms with E-state index in [0.717, 1.165) is 72.4 Å². The van der Waals surface area contributed by atoms with Gasteiger partial charge >= 0.3 is 0 Å². The maximum atomic E-state index is 5.58. The third kappa shape index (κ3) is 4.33. The number of fused-ring (bicyclic) bond motifs is 1. The van der Waals surface area contributed by atoms with Crippen LogP contribution < -0.4 is 24.6 Å². The summed E-state index contributed by atoms with van der Waals surface area (Å²) in [6, 6.07) is 10.7. The average molecular weight is 461 g/mol. The molecule has 2 aromatic heterocycles. The Morgan fingerprint density at radius 1 is 1.03 bits per heavy atom. The largest absolute Gasteiger partial charge is 0.497 e. The Kier molecular flexibility index (Phi) is 6.15. The van der Waals surface area contributed by atoms with Gasteiger partial charge in [-0.3, -0.25) is 4.68 Å². The van der Waals surface area contributed by atoms with Crippen molar-refractivity contribution in [1.29, 1.82) is 0 Å². The van der Waals surface area contributed by atoms with Crippen molar-refractivity contribution in [3.63, 3.8) is 0 Å². The zero-order chi connectivity index (χ0) is 23.7. The van der Waals surface area contributed by atoms with Gasteiger partial charge in [0.2, 0.25) is 0 Å². The van der Waals surface area contributed by atoms with Gasteiger partial charge in [0.15, 0.2) is 0 Å². The van der Waals surface area contributed by atoms with Crippen LogP contribution in [0.1, 0.15) is 24.1 Å². The summed E-state index contributed by atoms with van der Waals surface area (Å²) < 4.78 is 13.0. The second-order valence-corrected chi connectivity index (χ2v) is 8.92. The molecule has 34 heavy (non-hydrogen) atoms. The number of aromatic nitrogens is 3. The molecule has 2 aliphatic rings. The number of ether oxygens (including phenoxy) is 2. The Hall–Kier alpha value is -3.52. The van der Waals surface area contributed by atoms with Gasteiger partial charge in [0.25, 0.3) is 0 Å². The van der Waals surface area contributed by atoms with Gasteiger partial charge in [-0.05, 0) is 49.7 Å². The summed E-state index contributed by atoms with van der Waals surface area (Å²) in [5.41, 5.74) is 5.46. The molecule has 178 valence electrons. The molecule has 1 N–H and O–H groups in total. The lowest BCUT2D eigenvalue weighted by atomic mass is 10.0. The van der Waals surface area contributed by atoms with Gasteiger partial charge in [0.05, 0.1) is 37.5 Å². The molecule has 0 amide bonds. The van der Waals surface area contributed by atoms with E-state index < -0.39 is 0 Å². The molecule has 1 fully saturated rings. The van der Waals surface area contributed by atoms with Crippen LogP contribution in [0.2, 0.25) is 0 Å². The number of piperidine rings is 1. The maximum Gasteiger partial charge on any atom is 0.134 e. The fraction of sp³-hybridized carbons (Fsp3) is 0.385. The number of nitrogens with one attached hydrogen (secondary N) is 1. The molecule has 2 aliphatic heterocycles. The Balaban J connectivity index is 1.60. The number of methoxy groups -OCH3 is 2. The number of rotatable bonds is 6. The summed E-state index contributed by atoms with van der Waals surface area (Å²) in [6.45, 7) is 2.80. The van der Waals surface area contributed by atoms with Crippen LogP contribution in [0.5, 0.6) is 11.5 Å². The molecule has 1 aromatic carbocycles. The van der Waals surface area contributed by atoms with Crippen LogP contribution >= 0.6 is 0 Å². The summed E-state index contributed by atoms with van der Waals surface area (Å²) in [6.07, 6.45) is 8.24. The van der Waals surface area contributed by atoms with E-state index in [1.165, 1.54) is 5.57 Å². The molecule has 5 rings (SSSR count). The highest BCUT2D eigenvalue weighted by molar-refractivity contribution is 5.90. The van der Waals surface area contributed by atoms with Gasteiger partial charge in [0.1, 0.15) is 17.3 Å². The number of hydrogen-bond donors (Lipinski definition) is 1. The summed E-state index contributed by atoms with van der Waals surface area (Å²) in [5, 5.41) is 7.83. The van der Waals surface area contributed by atoms with Crippen LogP contribution in [0.15, 0.2) is 42.7 Å². The molecule has 0 saturated carbocycles. The highest BCUT2D eigenvalue weighted by Gasteiger charge is 2.27. The first kappa shape index (κ1) is 22.3. The summed E-state index contributed by atoms with van der Waals surface area (Å²) in [7, 11) is 7.43. The minimum Gasteiger partial charge on any atom is -0.497 e. The van der Waals surface area contributed by atoms with Gasteiger partial charge in [-0.15, -0.1) is 0 Å². The Morgan fingerprint density at radius 2 is 1.76 bits per heavy atom. The van der Waals surface area contributed by atoms with E-state index in [1.54, 1.807) is 14.2 Å². The van der Waals surface area contributed by atoms with Crippen LogP contribution in [0.4, 0.5) is 17.2 Å². The first-order valence-electron chi connectivity index (χ1n) is 11.7. The summed E-state index contributed by atoms with van der Waals surface area (Å²) >= 11 is 0. The van der Waals surface area contributed by atoms with E-state index in [0.29, 0.717) is 6.04 Å². The molecule has 0 spiro atoms. The second kappa shape index (κ2) is 9.38. The van der Waals surface area contributed by atoms with Gasteiger partial charge in [-0.2, -0.15) is 5.10 Å². The molecule has 0 bridgehead atoms. The molecule has 3 aromatic rings. The van der Waals surface area contributed by atoms with Crippen LogP contribution in [0.25, 0.3) is 11.6 Å². The molecule has 0 radical (unpaired) electrons. The molecule has 0 aliphatic carbocycles. The standard InChI is InChI=1S/C26H32N6O2/c1-30-16-18(19-15-28-31(2)17-19)11-24-25(30)5-6-26(29-24)32(20-7-9-27-10-8-20)21-12-22(33-3)14-23(13-21)34-4/h5-6,11-15,17,20,27H,7-10,16H2,1-4H3. The van der Waals surface area contributed by atoms with Gasteiger partial charge in [-0.1, -0.05) is 0 Å². The Morgan fingerprint density at radius 3 is 2.41 bits per heavy atom. The molecule has 8 nitrogen and oxygen atoms in total. The van der Waals surface area contributed by atoms with Gasteiger partial charge in [0, 0.05) is 56.6 Å². The minimum atomic E-state index is 0.326. The quantitative estimate of drug-likeness (QED) is 0.601. The Bertz CT molecular complexity index is 1180. The SMILES string of the molecule is COc1cc(OC)cc(N(c2ccc3c(n2)C=C(c2cnn(C)c2)CN3C)C2CCNCC2)c1. The third-order valence-corrected chi connectivity index (χ3v) is 6.63. The molecule has 0 unspecified atom stereocenters. The van der Waals surface area contributed by atoms with E-state index in [9.17, 15) is 0 Å². The van der Waals surface area contributed by atoms with Crippen LogP contribution in [-0.4, -0.2) is 61.7 Å². The first-order chi connectivity index (χ1) is 16.6. The number of hydrogen-bond acceptors (Lipinski definition) is 7. The predicted molar refractivity (Wildman–Crippen MR) is 136 cm³/mol.